The molecule has 7 heteroatoms. The van der Waals surface area contributed by atoms with E-state index in [0.717, 1.165) is 43.6 Å². The van der Waals surface area contributed by atoms with Crippen LogP contribution in [0.4, 0.5) is 0 Å². The van der Waals surface area contributed by atoms with Crippen molar-refractivity contribution in [3.63, 3.8) is 0 Å². The molecule has 0 aliphatic carbocycles. The van der Waals surface area contributed by atoms with E-state index in [2.05, 4.69) is 12.1 Å². The fraction of sp³-hybridized carbons (Fsp3) is 0. The number of rotatable bonds is 4. The molecule has 5 aromatic carbocycles. The molecular formula is C35H21N5OS. The van der Waals surface area contributed by atoms with E-state index < -0.39 is 0 Å². The van der Waals surface area contributed by atoms with Crippen LogP contribution in [0.3, 0.4) is 0 Å². The van der Waals surface area contributed by atoms with E-state index in [4.69, 9.17) is 19.9 Å². The van der Waals surface area contributed by atoms with E-state index in [-0.39, 0.29) is 5.56 Å². The van der Waals surface area contributed by atoms with Gasteiger partial charge in [-0.2, -0.15) is 0 Å². The van der Waals surface area contributed by atoms with Crippen LogP contribution in [0.25, 0.3) is 71.4 Å². The van der Waals surface area contributed by atoms with E-state index in [1.54, 1.807) is 4.40 Å². The Morgan fingerprint density at radius 2 is 1.07 bits per heavy atom. The van der Waals surface area contributed by atoms with E-state index in [1.807, 2.05) is 115 Å². The molecule has 0 spiro atoms. The standard InChI is InChI=1S/C35H21N5OS/c41-34-27-16-7-8-17-30(27)42-35-36-28-19-18-25(21-29(28)40(34)35)24-14-9-15-26(20-24)33-38-31(22-10-3-1-4-11-22)37-32(39-33)23-12-5-2-6-13-23/h1-21H. The van der Waals surface area contributed by atoms with Gasteiger partial charge in [-0.05, 0) is 41.5 Å². The highest BCUT2D eigenvalue weighted by molar-refractivity contribution is 7.23. The maximum atomic E-state index is 13.5. The molecule has 42 heavy (non-hydrogen) atoms. The second-order valence-corrected chi connectivity index (χ2v) is 11.0. The molecule has 3 heterocycles. The Hall–Kier alpha value is -5.53. The minimum Gasteiger partial charge on any atom is -0.268 e. The average Bonchev–Trinajstić information content (AvgIpc) is 3.43. The van der Waals surface area contributed by atoms with E-state index in [1.165, 1.54) is 11.3 Å². The second-order valence-electron chi connectivity index (χ2n) is 9.96. The van der Waals surface area contributed by atoms with Crippen molar-refractivity contribution in [2.75, 3.05) is 0 Å². The van der Waals surface area contributed by atoms with Gasteiger partial charge in [0.05, 0.1) is 16.4 Å². The second kappa shape index (κ2) is 9.83. The van der Waals surface area contributed by atoms with Crippen LogP contribution in [-0.4, -0.2) is 24.3 Å². The normalized spacial score (nSPS) is 11.4. The Kier molecular flexibility index (Phi) is 5.68. The van der Waals surface area contributed by atoms with Gasteiger partial charge in [0.15, 0.2) is 22.4 Å². The molecule has 0 saturated carbocycles. The number of imidazole rings is 1. The number of aromatic nitrogens is 5. The van der Waals surface area contributed by atoms with Gasteiger partial charge < -0.3 is 0 Å². The SMILES string of the molecule is O=c1c2ccccc2sc2nc3ccc(-c4cccc(-c5nc(-c6ccccc6)nc(-c6ccccc6)n5)c4)cc3n12. The fourth-order valence-electron chi connectivity index (χ4n) is 5.22. The van der Waals surface area contributed by atoms with Crippen molar-refractivity contribution in [2.24, 2.45) is 0 Å². The first kappa shape index (κ1) is 24.3. The van der Waals surface area contributed by atoms with Crippen molar-refractivity contribution in [1.82, 2.24) is 24.3 Å². The van der Waals surface area contributed by atoms with Crippen LogP contribution in [0.1, 0.15) is 0 Å². The molecule has 0 saturated heterocycles. The molecule has 0 aliphatic heterocycles. The van der Waals surface area contributed by atoms with Crippen molar-refractivity contribution >= 4 is 37.4 Å². The first-order valence-electron chi connectivity index (χ1n) is 13.5. The lowest BCUT2D eigenvalue weighted by Gasteiger charge is -2.10. The summed E-state index contributed by atoms with van der Waals surface area (Å²) in [5, 5.41) is 0.694. The van der Waals surface area contributed by atoms with Crippen molar-refractivity contribution in [3.8, 4) is 45.3 Å². The lowest BCUT2D eigenvalue weighted by molar-refractivity contribution is 1.07. The van der Waals surface area contributed by atoms with Gasteiger partial charge in [-0.25, -0.2) is 24.3 Å². The van der Waals surface area contributed by atoms with Crippen LogP contribution in [-0.2, 0) is 0 Å². The van der Waals surface area contributed by atoms with E-state index in [9.17, 15) is 4.79 Å². The Morgan fingerprint density at radius 1 is 0.500 bits per heavy atom. The molecule has 0 radical (unpaired) electrons. The lowest BCUT2D eigenvalue weighted by atomic mass is 10.0. The maximum absolute atomic E-state index is 13.5. The van der Waals surface area contributed by atoms with Crippen LogP contribution < -0.4 is 5.56 Å². The molecule has 6 nitrogen and oxygen atoms in total. The van der Waals surface area contributed by atoms with Gasteiger partial charge in [0, 0.05) is 21.4 Å². The summed E-state index contributed by atoms with van der Waals surface area (Å²) >= 11 is 1.52. The van der Waals surface area contributed by atoms with Gasteiger partial charge in [-0.3, -0.25) is 4.79 Å². The summed E-state index contributed by atoms with van der Waals surface area (Å²) in [6, 6.07) is 41.8. The lowest BCUT2D eigenvalue weighted by Crippen LogP contribution is -2.11. The summed E-state index contributed by atoms with van der Waals surface area (Å²) in [7, 11) is 0. The number of hydrogen-bond donors (Lipinski definition) is 0. The highest BCUT2D eigenvalue weighted by atomic mass is 32.1. The molecule has 0 bridgehead atoms. The van der Waals surface area contributed by atoms with Crippen molar-refractivity contribution in [3.05, 3.63) is 138 Å². The summed E-state index contributed by atoms with van der Waals surface area (Å²) in [4.78, 5) is 33.5. The Balaban J connectivity index is 1.27. The van der Waals surface area contributed by atoms with Crippen molar-refractivity contribution < 1.29 is 0 Å². The number of fused-ring (bicyclic) bond motifs is 4. The van der Waals surface area contributed by atoms with Crippen LogP contribution in [0, 0.1) is 0 Å². The summed E-state index contributed by atoms with van der Waals surface area (Å²) in [5.74, 6) is 1.83. The van der Waals surface area contributed by atoms with Crippen LogP contribution >= 0.6 is 11.3 Å². The molecule has 0 atom stereocenters. The molecule has 0 amide bonds. The average molecular weight is 560 g/mol. The molecule has 3 aromatic heterocycles. The third kappa shape index (κ3) is 4.15. The predicted molar refractivity (Wildman–Crippen MR) is 169 cm³/mol. The van der Waals surface area contributed by atoms with Gasteiger partial charge in [0.25, 0.3) is 5.56 Å². The number of hydrogen-bond acceptors (Lipinski definition) is 6. The Labute approximate surface area is 244 Å². The minimum absolute atomic E-state index is 0.0557. The van der Waals surface area contributed by atoms with Crippen LogP contribution in [0.2, 0.25) is 0 Å². The summed E-state index contributed by atoms with van der Waals surface area (Å²) in [5.41, 5.74) is 6.21. The summed E-state index contributed by atoms with van der Waals surface area (Å²) in [6.45, 7) is 0. The Morgan fingerprint density at radius 3 is 1.79 bits per heavy atom. The zero-order valence-electron chi connectivity index (χ0n) is 22.2. The van der Waals surface area contributed by atoms with E-state index >= 15 is 0 Å². The fourth-order valence-corrected chi connectivity index (χ4v) is 6.25. The molecular weight excluding hydrogens is 538 g/mol. The molecule has 0 fully saturated rings. The first-order chi connectivity index (χ1) is 20.7. The van der Waals surface area contributed by atoms with Crippen LogP contribution in [0.15, 0.2) is 132 Å². The number of nitrogens with zero attached hydrogens (tertiary/aromatic N) is 5. The molecule has 0 unspecified atom stereocenters. The number of benzene rings is 5. The minimum atomic E-state index is -0.0557. The molecule has 0 aliphatic rings. The Bertz CT molecular complexity index is 2270. The third-order valence-electron chi connectivity index (χ3n) is 7.30. The molecule has 198 valence electrons. The molecule has 8 aromatic rings. The van der Waals surface area contributed by atoms with Gasteiger partial charge in [-0.15, -0.1) is 0 Å². The van der Waals surface area contributed by atoms with Gasteiger partial charge in [0.2, 0.25) is 0 Å². The third-order valence-corrected chi connectivity index (χ3v) is 8.33. The first-order valence-corrected chi connectivity index (χ1v) is 14.3. The smallest absolute Gasteiger partial charge is 0.266 e. The maximum Gasteiger partial charge on any atom is 0.266 e. The highest BCUT2D eigenvalue weighted by Crippen LogP contribution is 2.31. The van der Waals surface area contributed by atoms with Gasteiger partial charge in [0.1, 0.15) is 0 Å². The van der Waals surface area contributed by atoms with Gasteiger partial charge >= 0.3 is 0 Å². The highest BCUT2D eigenvalue weighted by Gasteiger charge is 2.15. The van der Waals surface area contributed by atoms with Gasteiger partial charge in [-0.1, -0.05) is 108 Å². The molecule has 8 rings (SSSR count). The largest absolute Gasteiger partial charge is 0.268 e. The predicted octanol–water partition coefficient (Wildman–Crippen LogP) is 7.92. The van der Waals surface area contributed by atoms with Crippen molar-refractivity contribution in [1.29, 1.82) is 0 Å². The topological polar surface area (TPSA) is 73.0 Å². The summed E-state index contributed by atoms with van der Waals surface area (Å²) < 4.78 is 2.65. The molecule has 0 N–H and O–H groups in total. The summed E-state index contributed by atoms with van der Waals surface area (Å²) in [6.07, 6.45) is 0. The zero-order chi connectivity index (χ0) is 28.0. The van der Waals surface area contributed by atoms with Crippen molar-refractivity contribution in [2.45, 2.75) is 0 Å². The zero-order valence-corrected chi connectivity index (χ0v) is 23.0. The monoisotopic (exact) mass is 559 g/mol. The van der Waals surface area contributed by atoms with E-state index in [0.29, 0.717) is 27.8 Å². The quantitative estimate of drug-likeness (QED) is 0.219. The van der Waals surface area contributed by atoms with Crippen LogP contribution in [0.5, 0.6) is 0 Å².